The average Bonchev–Trinajstić information content (AvgIpc) is 2.48. The second kappa shape index (κ2) is 6.66. The molecule has 0 aromatic carbocycles. The third kappa shape index (κ3) is 3.25. The molecule has 2 aliphatic rings. The molecule has 0 radical (unpaired) electrons. The number of pyridine rings is 1. The summed E-state index contributed by atoms with van der Waals surface area (Å²) in [5.74, 6) is 3.25. The molecule has 1 aromatic rings. The van der Waals surface area contributed by atoms with Gasteiger partial charge < -0.3 is 14.4 Å². The van der Waals surface area contributed by atoms with E-state index in [4.69, 9.17) is 11.2 Å². The Morgan fingerprint density at radius 2 is 2.27 bits per heavy atom. The molecule has 0 amide bonds. The van der Waals surface area contributed by atoms with Crippen molar-refractivity contribution in [3.05, 3.63) is 34.2 Å². The quantitative estimate of drug-likeness (QED) is 0.627. The van der Waals surface area contributed by atoms with Crippen LogP contribution in [0.15, 0.2) is 23.0 Å². The maximum Gasteiger partial charge on any atom is 0.250 e. The minimum absolute atomic E-state index is 0.100. The molecule has 2 bridgehead atoms. The number of hydrogen-bond donors (Lipinski definition) is 1. The molecule has 22 heavy (non-hydrogen) atoms. The van der Waals surface area contributed by atoms with Gasteiger partial charge in [-0.15, -0.1) is 6.42 Å². The highest BCUT2D eigenvalue weighted by molar-refractivity contribution is 5.16. The molecule has 3 heterocycles. The van der Waals surface area contributed by atoms with E-state index in [-0.39, 0.29) is 18.8 Å². The number of aliphatic hydroxyl groups is 1. The fraction of sp³-hybridized carbons (Fsp3) is 0.588. The summed E-state index contributed by atoms with van der Waals surface area (Å²) in [7, 11) is 0. The van der Waals surface area contributed by atoms with E-state index in [9.17, 15) is 9.90 Å². The number of likely N-dealkylation sites (tertiary alicyclic amines) is 1. The lowest BCUT2D eigenvalue weighted by Crippen LogP contribution is -2.49. The number of hydrogen-bond acceptors (Lipinski definition) is 4. The zero-order chi connectivity index (χ0) is 15.5. The number of fused-ring (bicyclic) bond motifs is 4. The smallest absolute Gasteiger partial charge is 0.250 e. The number of aliphatic hydroxyl groups excluding tert-OH is 1. The van der Waals surface area contributed by atoms with Crippen LogP contribution in [0.2, 0.25) is 0 Å². The van der Waals surface area contributed by atoms with Crippen molar-refractivity contribution in [1.29, 1.82) is 0 Å². The van der Waals surface area contributed by atoms with Crippen molar-refractivity contribution in [2.75, 3.05) is 32.8 Å². The molecule has 5 nitrogen and oxygen atoms in total. The van der Waals surface area contributed by atoms with E-state index < -0.39 is 6.10 Å². The third-order valence-corrected chi connectivity index (χ3v) is 4.52. The van der Waals surface area contributed by atoms with Crippen LogP contribution < -0.4 is 5.56 Å². The first kappa shape index (κ1) is 15.3. The average molecular weight is 302 g/mol. The van der Waals surface area contributed by atoms with Crippen molar-refractivity contribution in [2.24, 2.45) is 5.92 Å². The van der Waals surface area contributed by atoms with E-state index in [1.807, 2.05) is 10.6 Å². The molecule has 3 atom stereocenters. The van der Waals surface area contributed by atoms with Crippen LogP contribution >= 0.6 is 0 Å². The number of ether oxygens (including phenoxy) is 1. The Bertz CT molecular complexity index is 619. The Hall–Kier alpha value is -1.61. The van der Waals surface area contributed by atoms with Gasteiger partial charge in [0.15, 0.2) is 0 Å². The number of rotatable bonds is 5. The minimum atomic E-state index is -0.523. The van der Waals surface area contributed by atoms with E-state index in [0.717, 1.165) is 31.7 Å². The minimum Gasteiger partial charge on any atom is -0.389 e. The van der Waals surface area contributed by atoms with Gasteiger partial charge in [-0.3, -0.25) is 9.69 Å². The molecule has 1 N–H and O–H groups in total. The van der Waals surface area contributed by atoms with Gasteiger partial charge in [-0.25, -0.2) is 0 Å². The first-order chi connectivity index (χ1) is 10.7. The van der Waals surface area contributed by atoms with Gasteiger partial charge in [0.05, 0.1) is 12.7 Å². The maximum atomic E-state index is 12.0. The van der Waals surface area contributed by atoms with Crippen LogP contribution in [0.1, 0.15) is 18.0 Å². The highest BCUT2D eigenvalue weighted by atomic mass is 16.5. The van der Waals surface area contributed by atoms with Gasteiger partial charge in [0.2, 0.25) is 0 Å². The number of nitrogens with zero attached hydrogens (tertiary/aromatic N) is 2. The van der Waals surface area contributed by atoms with Crippen LogP contribution in [0.3, 0.4) is 0 Å². The van der Waals surface area contributed by atoms with Gasteiger partial charge in [0.1, 0.15) is 6.61 Å². The first-order valence-corrected chi connectivity index (χ1v) is 7.78. The standard InChI is InChI=1S/C17H22N2O3/c1-2-6-22-12-15(20)11-18-8-13-7-14(10-18)16-4-3-5-17(21)19(16)9-13/h1,3-5,13-15,20H,6-12H2/t13-,14-,15+/m1/s1. The zero-order valence-corrected chi connectivity index (χ0v) is 12.6. The molecule has 0 saturated carbocycles. The van der Waals surface area contributed by atoms with E-state index in [2.05, 4.69) is 16.9 Å². The van der Waals surface area contributed by atoms with Crippen molar-refractivity contribution in [2.45, 2.75) is 25.0 Å². The number of β-amino-alcohol motifs (C(OH)–C–C–N with tert-alkyl or cyclic N) is 1. The summed E-state index contributed by atoms with van der Waals surface area (Å²) in [4.78, 5) is 14.3. The molecular formula is C17H22N2O3. The molecule has 5 heteroatoms. The Kier molecular flexibility index (Phi) is 4.63. The van der Waals surface area contributed by atoms with E-state index in [1.54, 1.807) is 6.07 Å². The maximum absolute atomic E-state index is 12.0. The lowest BCUT2D eigenvalue weighted by atomic mass is 9.83. The van der Waals surface area contributed by atoms with Gasteiger partial charge in [-0.05, 0) is 18.4 Å². The molecule has 3 rings (SSSR count). The second-order valence-corrected chi connectivity index (χ2v) is 6.29. The van der Waals surface area contributed by atoms with Gasteiger partial charge in [0, 0.05) is 43.9 Å². The van der Waals surface area contributed by atoms with Gasteiger partial charge in [-0.1, -0.05) is 12.0 Å². The Balaban J connectivity index is 1.64. The SMILES string of the molecule is C#CCOC[C@@H](O)CN1C[C@H]2C[C@H](C1)c1cccc(=O)n1C2. The van der Waals surface area contributed by atoms with E-state index in [0.29, 0.717) is 18.4 Å². The Morgan fingerprint density at radius 1 is 1.41 bits per heavy atom. The summed E-state index contributed by atoms with van der Waals surface area (Å²) in [5.41, 5.74) is 1.23. The highest BCUT2D eigenvalue weighted by Gasteiger charge is 2.34. The first-order valence-electron chi connectivity index (χ1n) is 7.78. The summed E-state index contributed by atoms with van der Waals surface area (Å²) >= 11 is 0. The second-order valence-electron chi connectivity index (χ2n) is 6.29. The van der Waals surface area contributed by atoms with E-state index in [1.165, 1.54) is 0 Å². The molecule has 0 unspecified atom stereocenters. The third-order valence-electron chi connectivity index (χ3n) is 4.52. The highest BCUT2D eigenvalue weighted by Crippen LogP contribution is 2.34. The molecule has 0 aliphatic carbocycles. The predicted molar refractivity (Wildman–Crippen MR) is 83.6 cm³/mol. The van der Waals surface area contributed by atoms with Crippen molar-refractivity contribution in [1.82, 2.24) is 9.47 Å². The summed E-state index contributed by atoms with van der Waals surface area (Å²) in [6.07, 6.45) is 5.73. The molecule has 1 aromatic heterocycles. The topological polar surface area (TPSA) is 54.7 Å². The van der Waals surface area contributed by atoms with Crippen LogP contribution in [0.5, 0.6) is 0 Å². The molecular weight excluding hydrogens is 280 g/mol. The summed E-state index contributed by atoms with van der Waals surface area (Å²) in [6.45, 7) is 3.68. The van der Waals surface area contributed by atoms with Crippen LogP contribution in [0.25, 0.3) is 0 Å². The summed E-state index contributed by atoms with van der Waals surface area (Å²) in [6, 6.07) is 5.53. The molecule has 1 saturated heterocycles. The van der Waals surface area contributed by atoms with E-state index >= 15 is 0 Å². The van der Waals surface area contributed by atoms with Gasteiger partial charge in [-0.2, -0.15) is 0 Å². The van der Waals surface area contributed by atoms with Crippen LogP contribution in [0.4, 0.5) is 0 Å². The van der Waals surface area contributed by atoms with Crippen molar-refractivity contribution in [3.63, 3.8) is 0 Å². The van der Waals surface area contributed by atoms with Crippen molar-refractivity contribution in [3.8, 4) is 12.3 Å². The molecule has 2 aliphatic heterocycles. The van der Waals surface area contributed by atoms with Gasteiger partial charge in [0.25, 0.3) is 5.56 Å². The van der Waals surface area contributed by atoms with Crippen LogP contribution in [0, 0.1) is 18.3 Å². The number of terminal acetylenes is 1. The Morgan fingerprint density at radius 3 is 3.09 bits per heavy atom. The summed E-state index contributed by atoms with van der Waals surface area (Å²) in [5, 5.41) is 10.0. The normalized spacial score (nSPS) is 25.3. The molecule has 1 fully saturated rings. The summed E-state index contributed by atoms with van der Waals surface area (Å²) < 4.78 is 7.11. The van der Waals surface area contributed by atoms with Crippen molar-refractivity contribution >= 4 is 0 Å². The Labute approximate surface area is 130 Å². The fourth-order valence-corrected chi connectivity index (χ4v) is 3.75. The largest absolute Gasteiger partial charge is 0.389 e. The lowest BCUT2D eigenvalue weighted by molar-refractivity contribution is 0.0112. The van der Waals surface area contributed by atoms with Crippen LogP contribution in [-0.4, -0.2) is 53.5 Å². The fourth-order valence-electron chi connectivity index (χ4n) is 3.75. The van der Waals surface area contributed by atoms with Gasteiger partial charge >= 0.3 is 0 Å². The molecule has 0 spiro atoms. The number of aromatic nitrogens is 1. The lowest BCUT2D eigenvalue weighted by Gasteiger charge is -2.43. The predicted octanol–water partition coefficient (Wildman–Crippen LogP) is 0.278. The number of piperidine rings is 1. The zero-order valence-electron chi connectivity index (χ0n) is 12.6. The molecule has 118 valence electrons. The van der Waals surface area contributed by atoms with Crippen molar-refractivity contribution < 1.29 is 9.84 Å². The monoisotopic (exact) mass is 302 g/mol. The van der Waals surface area contributed by atoms with Crippen LogP contribution in [-0.2, 0) is 11.3 Å².